The van der Waals surface area contributed by atoms with Crippen molar-refractivity contribution in [3.05, 3.63) is 100 Å². The number of hydrogen-bond donors (Lipinski definition) is 2. The van der Waals surface area contributed by atoms with Gasteiger partial charge in [-0.3, -0.25) is 4.79 Å². The van der Waals surface area contributed by atoms with Gasteiger partial charge in [0.1, 0.15) is 51.6 Å². The van der Waals surface area contributed by atoms with Crippen molar-refractivity contribution >= 4 is 0 Å². The molecule has 0 bridgehead atoms. The van der Waals surface area contributed by atoms with Crippen LogP contribution in [0.3, 0.4) is 0 Å². The molecule has 1 fully saturated rings. The van der Waals surface area contributed by atoms with Gasteiger partial charge >= 0.3 is 0 Å². The lowest BCUT2D eigenvalue weighted by Crippen LogP contribution is -3.27. The van der Waals surface area contributed by atoms with Gasteiger partial charge in [0.25, 0.3) is 0 Å². The number of piperazine rings is 1. The topological polar surface area (TPSA) is 48.3 Å². The summed E-state index contributed by atoms with van der Waals surface area (Å²) < 4.78 is 11.6. The van der Waals surface area contributed by atoms with Gasteiger partial charge < -0.3 is 19.0 Å². The third-order valence-corrected chi connectivity index (χ3v) is 5.81. The third kappa shape index (κ3) is 5.38. The Morgan fingerprint density at radius 2 is 1.50 bits per heavy atom. The molecule has 0 aliphatic carbocycles. The predicted octanol–water partition coefficient (Wildman–Crippen LogP) is 1.26. The van der Waals surface area contributed by atoms with E-state index < -0.39 is 0 Å². The van der Waals surface area contributed by atoms with Crippen molar-refractivity contribution in [3.8, 4) is 5.75 Å². The molecule has 0 radical (unpaired) electrons. The average Bonchev–Trinajstić information content (AvgIpc) is 2.78. The lowest BCUT2D eigenvalue weighted by atomic mass is 10.1. The molecule has 1 aliphatic rings. The summed E-state index contributed by atoms with van der Waals surface area (Å²) in [5.41, 5.74) is 2.30. The molecule has 1 atom stereocenters. The summed E-state index contributed by atoms with van der Waals surface area (Å²) in [6, 6.07) is 22.1. The Bertz CT molecular complexity index is 980. The highest BCUT2D eigenvalue weighted by molar-refractivity contribution is 5.22. The van der Waals surface area contributed by atoms with Gasteiger partial charge in [-0.05, 0) is 12.5 Å². The average molecular weight is 407 g/mol. The molecular formula is C25H30N2O3+2. The molecule has 0 saturated carbocycles. The van der Waals surface area contributed by atoms with Gasteiger partial charge in [-0.15, -0.1) is 0 Å². The highest BCUT2D eigenvalue weighted by Crippen LogP contribution is 2.18. The van der Waals surface area contributed by atoms with Gasteiger partial charge in [-0.2, -0.15) is 0 Å². The maximum absolute atomic E-state index is 12.5. The van der Waals surface area contributed by atoms with Crippen LogP contribution in [-0.4, -0.2) is 26.2 Å². The van der Waals surface area contributed by atoms with Crippen LogP contribution in [0, 0.1) is 0 Å². The number of nitrogens with one attached hydrogen (secondary N) is 2. The minimum Gasteiger partial charge on any atom is -0.479 e. The summed E-state index contributed by atoms with van der Waals surface area (Å²) >= 11 is 0. The van der Waals surface area contributed by atoms with Crippen LogP contribution in [0.25, 0.3) is 0 Å². The van der Waals surface area contributed by atoms with E-state index in [0.717, 1.165) is 50.6 Å². The van der Waals surface area contributed by atoms with Crippen molar-refractivity contribution in [1.82, 2.24) is 0 Å². The van der Waals surface area contributed by atoms with Gasteiger partial charge in [-0.25, -0.2) is 0 Å². The van der Waals surface area contributed by atoms with E-state index in [4.69, 9.17) is 9.15 Å². The Morgan fingerprint density at radius 3 is 2.13 bits per heavy atom. The lowest BCUT2D eigenvalue weighted by Gasteiger charge is -2.29. The van der Waals surface area contributed by atoms with Gasteiger partial charge in [0, 0.05) is 11.6 Å². The van der Waals surface area contributed by atoms with Crippen LogP contribution in [0.2, 0.25) is 0 Å². The van der Waals surface area contributed by atoms with Crippen LogP contribution in [0.15, 0.2) is 82.2 Å². The zero-order valence-electron chi connectivity index (χ0n) is 17.5. The predicted molar refractivity (Wildman–Crippen MR) is 116 cm³/mol. The fourth-order valence-corrected chi connectivity index (χ4v) is 4.04. The fourth-order valence-electron chi connectivity index (χ4n) is 4.04. The maximum atomic E-state index is 12.5. The smallest absolute Gasteiger partial charge is 0.227 e. The molecule has 2 aromatic carbocycles. The lowest BCUT2D eigenvalue weighted by molar-refractivity contribution is -1.02. The molecule has 0 amide bonds. The largest absolute Gasteiger partial charge is 0.479 e. The second-order valence-corrected chi connectivity index (χ2v) is 8.08. The van der Waals surface area contributed by atoms with E-state index in [1.807, 2.05) is 37.3 Å². The molecule has 1 saturated heterocycles. The van der Waals surface area contributed by atoms with E-state index in [1.165, 1.54) is 16.7 Å². The first-order valence-electron chi connectivity index (χ1n) is 10.7. The highest BCUT2D eigenvalue weighted by atomic mass is 16.5. The first-order chi connectivity index (χ1) is 14.7. The van der Waals surface area contributed by atoms with Gasteiger partial charge in [0.15, 0.2) is 5.76 Å². The minimum atomic E-state index is -0.203. The Balaban J connectivity index is 1.29. The van der Waals surface area contributed by atoms with Crippen LogP contribution in [0.1, 0.15) is 29.9 Å². The van der Waals surface area contributed by atoms with Crippen LogP contribution in [-0.2, 0) is 13.1 Å². The quantitative estimate of drug-likeness (QED) is 0.621. The Hall–Kier alpha value is -2.89. The molecule has 5 nitrogen and oxygen atoms in total. The molecular weight excluding hydrogens is 376 g/mol. The summed E-state index contributed by atoms with van der Waals surface area (Å²) in [6.45, 7) is 8.17. The van der Waals surface area contributed by atoms with Crippen LogP contribution in [0.5, 0.6) is 5.75 Å². The molecule has 5 heteroatoms. The zero-order chi connectivity index (χ0) is 20.8. The molecule has 0 spiro atoms. The monoisotopic (exact) mass is 406 g/mol. The van der Waals surface area contributed by atoms with E-state index >= 15 is 0 Å². The van der Waals surface area contributed by atoms with Gasteiger partial charge in [0.05, 0.1) is 0 Å². The number of rotatable bonds is 7. The molecule has 1 aliphatic heterocycles. The van der Waals surface area contributed by atoms with Crippen molar-refractivity contribution < 1.29 is 19.0 Å². The zero-order valence-corrected chi connectivity index (χ0v) is 17.5. The van der Waals surface area contributed by atoms with Crippen LogP contribution < -0.4 is 20.0 Å². The van der Waals surface area contributed by atoms with Crippen molar-refractivity contribution in [2.24, 2.45) is 0 Å². The van der Waals surface area contributed by atoms with Gasteiger partial charge in [0.2, 0.25) is 11.2 Å². The number of ether oxygens (including phenoxy) is 1. The van der Waals surface area contributed by atoms with Crippen molar-refractivity contribution in [3.63, 3.8) is 0 Å². The standard InChI is InChI=1S/C25H28N2O3/c1-20(22-10-6-3-7-11-22)30-25-19-29-23(16-24(25)28)18-27-14-12-26(13-15-27)17-21-8-4-2-5-9-21/h2-11,16,19-20H,12-15,17-18H2,1H3/p+2/t20-/m0/s1. The molecule has 30 heavy (non-hydrogen) atoms. The maximum Gasteiger partial charge on any atom is 0.227 e. The van der Waals surface area contributed by atoms with E-state index in [-0.39, 0.29) is 17.3 Å². The molecule has 1 aromatic heterocycles. The summed E-state index contributed by atoms with van der Waals surface area (Å²) in [5, 5.41) is 0. The summed E-state index contributed by atoms with van der Waals surface area (Å²) in [4.78, 5) is 15.6. The molecule has 2 heterocycles. The second-order valence-electron chi connectivity index (χ2n) is 8.08. The third-order valence-electron chi connectivity index (χ3n) is 5.81. The van der Waals surface area contributed by atoms with E-state index in [1.54, 1.807) is 11.0 Å². The molecule has 0 unspecified atom stereocenters. The number of benzene rings is 2. The first kappa shape index (κ1) is 20.4. The SMILES string of the molecule is C[C@H](Oc1coc(C[NH+]2CC[NH+](Cc3ccccc3)CC2)cc1=O)c1ccccc1. The number of hydrogen-bond acceptors (Lipinski definition) is 3. The normalized spacial score (nSPS) is 19.9. The van der Waals surface area contributed by atoms with Crippen molar-refractivity contribution in [2.45, 2.75) is 26.1 Å². The molecule has 3 aromatic rings. The molecule has 2 N–H and O–H groups in total. The minimum absolute atomic E-state index is 0.119. The summed E-state index contributed by atoms with van der Waals surface area (Å²) in [5.74, 6) is 0.989. The van der Waals surface area contributed by atoms with Crippen molar-refractivity contribution in [1.29, 1.82) is 0 Å². The fraction of sp³-hybridized carbons (Fsp3) is 0.320. The van der Waals surface area contributed by atoms with Crippen LogP contribution >= 0.6 is 0 Å². The van der Waals surface area contributed by atoms with Gasteiger partial charge in [-0.1, -0.05) is 60.7 Å². The van der Waals surface area contributed by atoms with E-state index in [2.05, 4.69) is 30.3 Å². The van der Waals surface area contributed by atoms with Crippen LogP contribution in [0.4, 0.5) is 0 Å². The summed E-state index contributed by atoms with van der Waals surface area (Å²) in [7, 11) is 0. The number of quaternary nitrogens is 2. The molecule has 156 valence electrons. The Morgan fingerprint density at radius 1 is 0.900 bits per heavy atom. The van der Waals surface area contributed by atoms with E-state index in [0.29, 0.717) is 0 Å². The Labute approximate surface area is 177 Å². The Kier molecular flexibility index (Phi) is 6.62. The van der Waals surface area contributed by atoms with E-state index in [9.17, 15) is 4.79 Å². The highest BCUT2D eigenvalue weighted by Gasteiger charge is 2.24. The first-order valence-corrected chi connectivity index (χ1v) is 10.7. The van der Waals surface area contributed by atoms with Crippen molar-refractivity contribution in [2.75, 3.05) is 26.2 Å². The second kappa shape index (κ2) is 9.74. The molecule has 4 rings (SSSR count). The summed E-state index contributed by atoms with van der Waals surface area (Å²) in [6.07, 6.45) is 1.26.